The van der Waals surface area contributed by atoms with Gasteiger partial charge in [-0.25, -0.2) is 0 Å². The van der Waals surface area contributed by atoms with Crippen molar-refractivity contribution in [3.05, 3.63) is 22.3 Å². The van der Waals surface area contributed by atoms with Gasteiger partial charge in [0.25, 0.3) is 0 Å². The lowest BCUT2D eigenvalue weighted by Gasteiger charge is -2.14. The zero-order chi connectivity index (χ0) is 13.7. The maximum Gasteiger partial charge on any atom is 0.159 e. The second kappa shape index (κ2) is 6.92. The van der Waals surface area contributed by atoms with Gasteiger partial charge in [-0.3, -0.25) is 4.79 Å². The van der Waals surface area contributed by atoms with Crippen LogP contribution in [0.4, 0.5) is 0 Å². The Morgan fingerprint density at radius 2 is 1.78 bits per heavy atom. The number of unbranched alkanes of at least 4 members (excludes halogenated alkanes) is 1. The van der Waals surface area contributed by atoms with E-state index in [-0.39, 0.29) is 0 Å². The third-order valence-corrected chi connectivity index (χ3v) is 4.01. The molecule has 0 saturated heterocycles. The Labute approximate surface area is 112 Å². The fourth-order valence-corrected chi connectivity index (χ4v) is 2.72. The second-order valence-electron chi connectivity index (χ2n) is 6.10. The molecule has 0 aromatic carbocycles. The van der Waals surface area contributed by atoms with Crippen molar-refractivity contribution in [3.8, 4) is 0 Å². The molecule has 0 N–H and O–H groups in total. The van der Waals surface area contributed by atoms with E-state index in [1.807, 2.05) is 0 Å². The van der Waals surface area contributed by atoms with Crippen LogP contribution in [0.2, 0.25) is 0 Å². The maximum absolute atomic E-state index is 12.3. The van der Waals surface area contributed by atoms with Crippen molar-refractivity contribution < 1.29 is 4.79 Å². The molecule has 0 heterocycles. The number of hydrogen-bond acceptors (Lipinski definition) is 1. The number of ketones is 1. The molecule has 0 aromatic rings. The summed E-state index contributed by atoms with van der Waals surface area (Å²) in [4.78, 5) is 12.3. The van der Waals surface area contributed by atoms with E-state index in [9.17, 15) is 4.79 Å². The first-order valence-corrected chi connectivity index (χ1v) is 7.30. The average molecular weight is 248 g/mol. The minimum atomic E-state index is 0.396. The van der Waals surface area contributed by atoms with E-state index in [1.165, 1.54) is 36.0 Å². The largest absolute Gasteiger partial charge is 0.295 e. The number of hydrogen-bond donors (Lipinski definition) is 0. The van der Waals surface area contributed by atoms with Crippen LogP contribution < -0.4 is 0 Å². The SMILES string of the molecule is CCCCC1CC(=O)C(=C(C)C)CC(=C(C)C)C1. The van der Waals surface area contributed by atoms with Gasteiger partial charge in [-0.15, -0.1) is 0 Å². The summed E-state index contributed by atoms with van der Waals surface area (Å²) in [5.74, 6) is 0.964. The number of Topliss-reactive ketones (excluding diaryl/α,β-unsaturated/α-hetero) is 1. The molecule has 1 atom stereocenters. The van der Waals surface area contributed by atoms with Gasteiger partial charge in [0, 0.05) is 6.42 Å². The summed E-state index contributed by atoms with van der Waals surface area (Å²) in [7, 11) is 0. The van der Waals surface area contributed by atoms with Crippen LogP contribution in [0.25, 0.3) is 0 Å². The molecule has 102 valence electrons. The van der Waals surface area contributed by atoms with Gasteiger partial charge in [-0.05, 0) is 58.4 Å². The van der Waals surface area contributed by atoms with Gasteiger partial charge in [0.1, 0.15) is 0 Å². The summed E-state index contributed by atoms with van der Waals surface area (Å²) < 4.78 is 0. The van der Waals surface area contributed by atoms with Crippen LogP contribution in [0.5, 0.6) is 0 Å². The van der Waals surface area contributed by atoms with Crippen molar-refractivity contribution >= 4 is 5.78 Å². The summed E-state index contributed by atoms with van der Waals surface area (Å²) in [6.45, 7) is 10.7. The topological polar surface area (TPSA) is 17.1 Å². The third-order valence-electron chi connectivity index (χ3n) is 4.01. The molecule has 1 rings (SSSR count). The van der Waals surface area contributed by atoms with Crippen LogP contribution in [0.3, 0.4) is 0 Å². The third kappa shape index (κ3) is 4.12. The molecule has 1 aliphatic carbocycles. The average Bonchev–Trinajstić information content (AvgIpc) is 2.45. The number of carbonyl (C=O) groups excluding carboxylic acids is 1. The quantitative estimate of drug-likeness (QED) is 0.380. The molecule has 0 bridgehead atoms. The van der Waals surface area contributed by atoms with Crippen molar-refractivity contribution in [2.24, 2.45) is 5.92 Å². The minimum absolute atomic E-state index is 0.396. The Morgan fingerprint density at radius 1 is 1.11 bits per heavy atom. The molecule has 1 saturated carbocycles. The van der Waals surface area contributed by atoms with E-state index in [2.05, 4.69) is 34.6 Å². The molecule has 1 heteroatoms. The summed E-state index contributed by atoms with van der Waals surface area (Å²) >= 11 is 0. The molecule has 0 aliphatic heterocycles. The number of rotatable bonds is 3. The van der Waals surface area contributed by atoms with E-state index in [1.54, 1.807) is 0 Å². The fraction of sp³-hybridized carbons (Fsp3) is 0.706. The first kappa shape index (κ1) is 15.2. The number of allylic oxidation sites excluding steroid dienone is 4. The van der Waals surface area contributed by atoms with E-state index in [0.717, 1.165) is 24.8 Å². The molecule has 1 aliphatic rings. The van der Waals surface area contributed by atoms with E-state index >= 15 is 0 Å². The van der Waals surface area contributed by atoms with Gasteiger partial charge in [-0.1, -0.05) is 36.5 Å². The van der Waals surface area contributed by atoms with Gasteiger partial charge >= 0.3 is 0 Å². The highest BCUT2D eigenvalue weighted by atomic mass is 16.1. The smallest absolute Gasteiger partial charge is 0.159 e. The van der Waals surface area contributed by atoms with Gasteiger partial charge in [-0.2, -0.15) is 0 Å². The van der Waals surface area contributed by atoms with Crippen molar-refractivity contribution in [1.29, 1.82) is 0 Å². The first-order valence-electron chi connectivity index (χ1n) is 7.30. The zero-order valence-corrected chi connectivity index (χ0v) is 12.7. The standard InChI is InChI=1S/C17H28O/c1-6-7-8-14-9-15(12(2)3)11-16(13(4)5)17(18)10-14/h14H,6-11H2,1-5H3. The molecular weight excluding hydrogens is 220 g/mol. The molecule has 1 unspecified atom stereocenters. The van der Waals surface area contributed by atoms with E-state index in [4.69, 9.17) is 0 Å². The Balaban J connectivity index is 2.96. The predicted octanol–water partition coefficient (Wildman–Crippen LogP) is 5.22. The highest BCUT2D eigenvalue weighted by Crippen LogP contribution is 2.34. The maximum atomic E-state index is 12.3. The molecule has 1 nitrogen and oxygen atoms in total. The molecule has 0 spiro atoms. The Bertz CT molecular complexity index is 363. The van der Waals surface area contributed by atoms with Gasteiger partial charge in [0.05, 0.1) is 0 Å². The molecule has 18 heavy (non-hydrogen) atoms. The van der Waals surface area contributed by atoms with Crippen LogP contribution >= 0.6 is 0 Å². The lowest BCUT2D eigenvalue weighted by Crippen LogP contribution is -2.07. The van der Waals surface area contributed by atoms with Crippen LogP contribution in [0, 0.1) is 5.92 Å². The van der Waals surface area contributed by atoms with Gasteiger partial charge in [0.2, 0.25) is 0 Å². The fourth-order valence-electron chi connectivity index (χ4n) is 2.72. The summed E-state index contributed by atoms with van der Waals surface area (Å²) in [6.07, 6.45) is 6.46. The zero-order valence-electron chi connectivity index (χ0n) is 12.7. The minimum Gasteiger partial charge on any atom is -0.295 e. The van der Waals surface area contributed by atoms with Crippen molar-refractivity contribution in [2.75, 3.05) is 0 Å². The summed E-state index contributed by atoms with van der Waals surface area (Å²) in [5, 5.41) is 0. The van der Waals surface area contributed by atoms with Gasteiger partial charge in [0.15, 0.2) is 5.78 Å². The number of carbonyl (C=O) groups is 1. The van der Waals surface area contributed by atoms with Crippen molar-refractivity contribution in [3.63, 3.8) is 0 Å². The van der Waals surface area contributed by atoms with Crippen LogP contribution in [0.15, 0.2) is 22.3 Å². The lowest BCUT2D eigenvalue weighted by molar-refractivity contribution is -0.116. The van der Waals surface area contributed by atoms with E-state index in [0.29, 0.717) is 11.7 Å². The Kier molecular flexibility index (Phi) is 5.84. The van der Waals surface area contributed by atoms with E-state index < -0.39 is 0 Å². The summed E-state index contributed by atoms with van der Waals surface area (Å²) in [5.41, 5.74) is 5.18. The van der Waals surface area contributed by atoms with Crippen LogP contribution in [0.1, 0.15) is 73.1 Å². The Morgan fingerprint density at radius 3 is 2.28 bits per heavy atom. The summed E-state index contributed by atoms with van der Waals surface area (Å²) in [6, 6.07) is 0. The molecule has 1 fully saturated rings. The highest BCUT2D eigenvalue weighted by molar-refractivity contribution is 5.97. The second-order valence-corrected chi connectivity index (χ2v) is 6.10. The van der Waals surface area contributed by atoms with Crippen LogP contribution in [-0.4, -0.2) is 5.78 Å². The molecule has 0 amide bonds. The molecule has 0 aromatic heterocycles. The molecule has 0 radical (unpaired) electrons. The van der Waals surface area contributed by atoms with Crippen molar-refractivity contribution in [1.82, 2.24) is 0 Å². The monoisotopic (exact) mass is 248 g/mol. The lowest BCUT2D eigenvalue weighted by atomic mass is 9.91. The molecular formula is C17H28O. The highest BCUT2D eigenvalue weighted by Gasteiger charge is 2.24. The Hall–Kier alpha value is -0.850. The van der Waals surface area contributed by atoms with Crippen LogP contribution in [-0.2, 0) is 4.79 Å². The first-order chi connectivity index (χ1) is 8.45. The normalized spacial score (nSPS) is 20.9. The predicted molar refractivity (Wildman–Crippen MR) is 78.6 cm³/mol. The van der Waals surface area contributed by atoms with Crippen molar-refractivity contribution in [2.45, 2.75) is 73.1 Å². The van der Waals surface area contributed by atoms with Gasteiger partial charge < -0.3 is 0 Å².